The third kappa shape index (κ3) is 1.95. The average molecular weight is 272 g/mol. The lowest BCUT2D eigenvalue weighted by Crippen LogP contribution is -2.37. The average Bonchev–Trinajstić information content (AvgIpc) is 2.70. The van der Waals surface area contributed by atoms with Crippen molar-refractivity contribution in [1.29, 1.82) is 0 Å². The predicted molar refractivity (Wildman–Crippen MR) is 63.7 cm³/mol. The summed E-state index contributed by atoms with van der Waals surface area (Å²) >= 11 is 6.05. The van der Waals surface area contributed by atoms with Crippen molar-refractivity contribution in [2.24, 2.45) is 0 Å². The molecule has 1 aromatic heterocycles. The highest BCUT2D eigenvalue weighted by molar-refractivity contribution is 6.32. The van der Waals surface area contributed by atoms with Crippen LogP contribution in [0.1, 0.15) is 5.69 Å². The molecule has 0 aliphatic carbocycles. The van der Waals surface area contributed by atoms with E-state index in [1.807, 2.05) is 0 Å². The Bertz CT molecular complexity index is 632. The number of nitrogens with zero attached hydrogens (tertiary/aromatic N) is 1. The molecule has 1 N–H and O–H groups in total. The van der Waals surface area contributed by atoms with Crippen molar-refractivity contribution < 1.29 is 18.7 Å². The van der Waals surface area contributed by atoms with Crippen LogP contribution in [0.25, 0.3) is 5.69 Å². The van der Waals surface area contributed by atoms with Crippen LogP contribution in [0.15, 0.2) is 21.5 Å². The lowest BCUT2D eigenvalue weighted by molar-refractivity contribution is -0.676. The van der Waals surface area contributed by atoms with Gasteiger partial charge in [0.05, 0.1) is 19.2 Å². The van der Waals surface area contributed by atoms with E-state index in [-0.39, 0.29) is 0 Å². The number of ether oxygens (including phenoxy) is 2. The Hall–Kier alpha value is -1.95. The van der Waals surface area contributed by atoms with Crippen LogP contribution >= 0.6 is 11.6 Å². The first-order valence-electron chi connectivity index (χ1n) is 5.10. The molecular weight excluding hydrogens is 260 g/mol. The van der Waals surface area contributed by atoms with Crippen molar-refractivity contribution >= 4 is 11.6 Å². The first-order valence-corrected chi connectivity index (χ1v) is 5.48. The molecule has 0 unspecified atom stereocenters. The maximum Gasteiger partial charge on any atom is 0.430 e. The largest absolute Gasteiger partial charge is 0.495 e. The number of methoxy groups -OCH3 is 2. The lowest BCUT2D eigenvalue weighted by atomic mass is 10.2. The number of rotatable bonds is 3. The molecule has 0 spiro atoms. The van der Waals surface area contributed by atoms with Gasteiger partial charge in [0.15, 0.2) is 5.75 Å². The summed E-state index contributed by atoms with van der Waals surface area (Å²) in [6.45, 7) is 1.62. The maximum atomic E-state index is 11.3. The minimum Gasteiger partial charge on any atom is -0.495 e. The van der Waals surface area contributed by atoms with Crippen molar-refractivity contribution in [3.05, 3.63) is 33.3 Å². The fourth-order valence-electron chi connectivity index (χ4n) is 1.57. The smallest absolute Gasteiger partial charge is 0.430 e. The van der Waals surface area contributed by atoms with Gasteiger partial charge in [0.2, 0.25) is 0 Å². The standard InChI is InChI=1S/C11H11ClN2O4/c1-6-11(15)18-13-14(6)8-4-7(12)9(16-2)5-10(8)17-3/h4-5H,1-3H3/p+1. The van der Waals surface area contributed by atoms with E-state index in [0.29, 0.717) is 27.9 Å². The molecule has 0 radical (unpaired) electrons. The number of aromatic nitrogens is 2. The molecule has 96 valence electrons. The van der Waals surface area contributed by atoms with Gasteiger partial charge in [0.1, 0.15) is 5.75 Å². The van der Waals surface area contributed by atoms with Gasteiger partial charge < -0.3 is 9.47 Å². The number of hydrogen-bond acceptors (Lipinski definition) is 4. The molecule has 1 heterocycles. The van der Waals surface area contributed by atoms with Crippen molar-refractivity contribution in [2.75, 3.05) is 14.2 Å². The second-order valence-electron chi connectivity index (χ2n) is 3.56. The van der Waals surface area contributed by atoms with E-state index in [1.54, 1.807) is 19.1 Å². The summed E-state index contributed by atoms with van der Waals surface area (Å²) in [7, 11) is 3.03. The zero-order valence-corrected chi connectivity index (χ0v) is 10.9. The Labute approximate surface area is 108 Å². The summed E-state index contributed by atoms with van der Waals surface area (Å²) in [5.74, 6) is 0.989. The van der Waals surface area contributed by atoms with Crippen molar-refractivity contribution in [3.63, 3.8) is 0 Å². The Balaban J connectivity index is 2.67. The lowest BCUT2D eigenvalue weighted by Gasteiger charge is -2.06. The molecule has 0 aliphatic rings. The summed E-state index contributed by atoms with van der Waals surface area (Å²) in [5.41, 5.74) is 0.491. The van der Waals surface area contributed by atoms with Gasteiger partial charge in [-0.15, -0.1) is 0 Å². The second kappa shape index (κ2) is 4.73. The highest BCUT2D eigenvalue weighted by atomic mass is 35.5. The fourth-order valence-corrected chi connectivity index (χ4v) is 1.80. The summed E-state index contributed by atoms with van der Waals surface area (Å²) < 4.78 is 16.5. The molecule has 0 bridgehead atoms. The number of halogens is 1. The summed E-state index contributed by atoms with van der Waals surface area (Å²) in [6.07, 6.45) is 0. The van der Waals surface area contributed by atoms with Gasteiger partial charge >= 0.3 is 5.63 Å². The number of benzene rings is 1. The van der Waals surface area contributed by atoms with Gasteiger partial charge in [-0.25, -0.2) is 4.79 Å². The molecule has 2 rings (SSSR count). The van der Waals surface area contributed by atoms with Gasteiger partial charge in [-0.2, -0.15) is 0 Å². The Morgan fingerprint density at radius 1 is 1.28 bits per heavy atom. The Morgan fingerprint density at radius 3 is 2.44 bits per heavy atom. The van der Waals surface area contributed by atoms with Crippen LogP contribution in [0.3, 0.4) is 0 Å². The van der Waals surface area contributed by atoms with Crippen molar-refractivity contribution in [2.45, 2.75) is 6.92 Å². The normalized spacial score (nSPS) is 10.4. The molecule has 0 amide bonds. The molecular formula is C11H12ClN2O4+. The Morgan fingerprint density at radius 2 is 1.94 bits per heavy atom. The quantitative estimate of drug-likeness (QED) is 0.853. The summed E-state index contributed by atoms with van der Waals surface area (Å²) in [4.78, 5) is 11.3. The van der Waals surface area contributed by atoms with E-state index in [9.17, 15) is 4.79 Å². The number of H-pyrrole nitrogens is 1. The maximum absolute atomic E-state index is 11.3. The van der Waals surface area contributed by atoms with Gasteiger partial charge in [-0.3, -0.25) is 4.52 Å². The van der Waals surface area contributed by atoms with Crippen LogP contribution in [0.2, 0.25) is 5.02 Å². The van der Waals surface area contributed by atoms with Gasteiger partial charge in [-0.1, -0.05) is 11.6 Å². The second-order valence-corrected chi connectivity index (χ2v) is 3.97. The summed E-state index contributed by atoms with van der Waals surface area (Å²) in [5, 5.41) is 2.88. The van der Waals surface area contributed by atoms with Gasteiger partial charge in [0, 0.05) is 19.1 Å². The van der Waals surface area contributed by atoms with Crippen LogP contribution in [0.4, 0.5) is 0 Å². The Kier molecular flexibility index (Phi) is 3.29. The minimum atomic E-state index is -0.455. The third-order valence-electron chi connectivity index (χ3n) is 2.55. The van der Waals surface area contributed by atoms with E-state index >= 15 is 0 Å². The van der Waals surface area contributed by atoms with E-state index in [2.05, 4.69) is 5.27 Å². The zero-order chi connectivity index (χ0) is 13.3. The van der Waals surface area contributed by atoms with Crippen molar-refractivity contribution in [3.8, 4) is 17.2 Å². The van der Waals surface area contributed by atoms with E-state index in [0.717, 1.165) is 0 Å². The number of hydrogen-bond donors (Lipinski definition) is 1. The SMILES string of the molecule is COc1cc(OC)c(-[n+]2[nH]oc(=O)c2C)cc1Cl. The first-order chi connectivity index (χ1) is 8.58. The van der Waals surface area contributed by atoms with E-state index < -0.39 is 5.63 Å². The van der Waals surface area contributed by atoms with E-state index in [1.165, 1.54) is 18.9 Å². The van der Waals surface area contributed by atoms with E-state index in [4.69, 9.17) is 25.6 Å². The molecule has 2 aromatic rings. The molecule has 6 nitrogen and oxygen atoms in total. The predicted octanol–water partition coefficient (Wildman–Crippen LogP) is 1.22. The van der Waals surface area contributed by atoms with Crippen LogP contribution < -0.4 is 19.8 Å². The molecule has 0 atom stereocenters. The van der Waals surface area contributed by atoms with Crippen LogP contribution in [0, 0.1) is 6.92 Å². The zero-order valence-electron chi connectivity index (χ0n) is 10.1. The molecule has 0 saturated carbocycles. The van der Waals surface area contributed by atoms with Gasteiger partial charge in [-0.05, 0) is 9.95 Å². The van der Waals surface area contributed by atoms with Crippen molar-refractivity contribution in [1.82, 2.24) is 5.27 Å². The summed E-state index contributed by atoms with van der Waals surface area (Å²) in [6, 6.07) is 3.26. The fraction of sp³-hybridized carbons (Fsp3) is 0.273. The molecule has 0 aliphatic heterocycles. The highest BCUT2D eigenvalue weighted by Gasteiger charge is 2.24. The molecule has 0 saturated heterocycles. The minimum absolute atomic E-state index is 0.384. The highest BCUT2D eigenvalue weighted by Crippen LogP contribution is 2.32. The molecule has 7 heteroatoms. The molecule has 0 fully saturated rings. The number of nitrogens with one attached hydrogen (secondary N) is 1. The van der Waals surface area contributed by atoms with Crippen LogP contribution in [-0.4, -0.2) is 19.5 Å². The van der Waals surface area contributed by atoms with Gasteiger partial charge in [0.25, 0.3) is 11.4 Å². The first kappa shape index (κ1) is 12.5. The van der Waals surface area contributed by atoms with Crippen LogP contribution in [-0.2, 0) is 0 Å². The van der Waals surface area contributed by atoms with Crippen LogP contribution in [0.5, 0.6) is 11.5 Å². The monoisotopic (exact) mass is 271 g/mol. The third-order valence-corrected chi connectivity index (χ3v) is 2.85. The topological polar surface area (TPSA) is 68.3 Å². The molecule has 1 aromatic carbocycles. The number of aromatic amines is 1. The molecule has 18 heavy (non-hydrogen) atoms.